The quantitative estimate of drug-likeness (QED) is 0.365. The summed E-state index contributed by atoms with van der Waals surface area (Å²) in [5, 5.41) is 12.2. The van der Waals surface area contributed by atoms with Gasteiger partial charge >= 0.3 is 0 Å². The highest BCUT2D eigenvalue weighted by molar-refractivity contribution is 5.77. The van der Waals surface area contributed by atoms with Gasteiger partial charge in [0.05, 0.1) is 0 Å². The van der Waals surface area contributed by atoms with Gasteiger partial charge in [0, 0.05) is 26.3 Å². The van der Waals surface area contributed by atoms with Gasteiger partial charge in [-0.25, -0.2) is 0 Å². The van der Waals surface area contributed by atoms with E-state index in [1.807, 2.05) is 19.1 Å². The van der Waals surface area contributed by atoms with Crippen LogP contribution in [0.2, 0.25) is 0 Å². The summed E-state index contributed by atoms with van der Waals surface area (Å²) >= 11 is 0. The first-order valence-corrected chi connectivity index (χ1v) is 7.12. The molecule has 1 aromatic rings. The molecular weight excluding hydrogens is 254 g/mol. The average Bonchev–Trinajstić information content (AvgIpc) is 2.45. The summed E-state index contributed by atoms with van der Waals surface area (Å²) in [5.74, 6) is 0.791. The molecule has 20 heavy (non-hydrogen) atoms. The molecule has 0 saturated carbocycles. The van der Waals surface area contributed by atoms with Crippen LogP contribution < -0.4 is 11.1 Å². The van der Waals surface area contributed by atoms with Gasteiger partial charge in [0.25, 0.3) is 0 Å². The molecule has 0 aliphatic heterocycles. The van der Waals surface area contributed by atoms with E-state index >= 15 is 0 Å². The third-order valence-electron chi connectivity index (χ3n) is 2.82. The number of benzene rings is 1. The Kier molecular flexibility index (Phi) is 8.22. The van der Waals surface area contributed by atoms with Crippen LogP contribution >= 0.6 is 0 Å². The topological polar surface area (TPSA) is 79.9 Å². The monoisotopic (exact) mass is 279 g/mol. The molecule has 0 fully saturated rings. The molecule has 4 N–H and O–H groups in total. The molecule has 0 unspecified atom stereocenters. The summed E-state index contributed by atoms with van der Waals surface area (Å²) in [6.45, 7) is 4.97. The van der Waals surface area contributed by atoms with Crippen LogP contribution in [0.5, 0.6) is 5.75 Å². The van der Waals surface area contributed by atoms with Gasteiger partial charge in [0.1, 0.15) is 5.75 Å². The maximum atomic E-state index is 9.18. The summed E-state index contributed by atoms with van der Waals surface area (Å²) in [5.41, 5.74) is 6.95. The Labute approximate surface area is 120 Å². The van der Waals surface area contributed by atoms with E-state index in [-0.39, 0.29) is 0 Å². The fraction of sp³-hybridized carbons (Fsp3) is 0.533. The fourth-order valence-electron chi connectivity index (χ4n) is 1.74. The largest absolute Gasteiger partial charge is 0.508 e. The second-order valence-corrected chi connectivity index (χ2v) is 4.51. The summed E-state index contributed by atoms with van der Waals surface area (Å²) in [6.07, 6.45) is 2.80. The van der Waals surface area contributed by atoms with E-state index in [2.05, 4.69) is 10.3 Å². The number of aromatic hydroxyl groups is 1. The Morgan fingerprint density at radius 1 is 1.30 bits per heavy atom. The molecule has 0 radical (unpaired) electrons. The van der Waals surface area contributed by atoms with Crippen LogP contribution in [-0.2, 0) is 11.2 Å². The normalized spacial score (nSPS) is 11.6. The zero-order valence-electron chi connectivity index (χ0n) is 12.1. The maximum Gasteiger partial charge on any atom is 0.188 e. The van der Waals surface area contributed by atoms with Gasteiger partial charge in [-0.3, -0.25) is 4.99 Å². The molecule has 5 nitrogen and oxygen atoms in total. The molecule has 0 aromatic heterocycles. The Morgan fingerprint density at radius 3 is 2.75 bits per heavy atom. The Hall–Kier alpha value is -1.75. The lowest BCUT2D eigenvalue weighted by molar-refractivity contribution is 0.145. The highest BCUT2D eigenvalue weighted by Gasteiger charge is 1.95. The van der Waals surface area contributed by atoms with Gasteiger partial charge in [-0.2, -0.15) is 0 Å². The minimum Gasteiger partial charge on any atom is -0.508 e. The molecule has 5 heteroatoms. The number of phenols is 1. The molecular formula is C15H25N3O2. The number of rotatable bonds is 9. The van der Waals surface area contributed by atoms with E-state index in [0.717, 1.165) is 39.0 Å². The molecule has 1 aromatic carbocycles. The van der Waals surface area contributed by atoms with Crippen LogP contribution in [0.4, 0.5) is 0 Å². The highest BCUT2D eigenvalue weighted by Crippen LogP contribution is 2.10. The second kappa shape index (κ2) is 10.1. The van der Waals surface area contributed by atoms with E-state index in [4.69, 9.17) is 10.5 Å². The SMILES string of the molecule is CCOCCCNC(N)=NCCCc1ccc(O)cc1. The molecule has 0 aliphatic carbocycles. The molecule has 0 saturated heterocycles. The first-order chi connectivity index (χ1) is 9.72. The number of nitrogens with zero attached hydrogens (tertiary/aromatic N) is 1. The number of guanidine groups is 1. The van der Waals surface area contributed by atoms with Crippen molar-refractivity contribution < 1.29 is 9.84 Å². The number of nitrogens with two attached hydrogens (primary N) is 1. The molecule has 0 spiro atoms. The highest BCUT2D eigenvalue weighted by atomic mass is 16.5. The van der Waals surface area contributed by atoms with Crippen LogP contribution in [0.1, 0.15) is 25.3 Å². The van der Waals surface area contributed by atoms with Crippen LogP contribution in [0.3, 0.4) is 0 Å². The van der Waals surface area contributed by atoms with Gasteiger partial charge < -0.3 is 20.9 Å². The van der Waals surface area contributed by atoms with E-state index in [0.29, 0.717) is 18.3 Å². The number of aryl methyl sites for hydroxylation is 1. The lowest BCUT2D eigenvalue weighted by Gasteiger charge is -2.05. The van der Waals surface area contributed by atoms with Crippen LogP contribution in [0, 0.1) is 0 Å². The van der Waals surface area contributed by atoms with Crippen molar-refractivity contribution in [2.45, 2.75) is 26.2 Å². The lowest BCUT2D eigenvalue weighted by atomic mass is 10.1. The Bertz CT molecular complexity index is 391. The predicted molar refractivity (Wildman–Crippen MR) is 82.0 cm³/mol. The van der Waals surface area contributed by atoms with Crippen molar-refractivity contribution in [3.05, 3.63) is 29.8 Å². The first-order valence-electron chi connectivity index (χ1n) is 7.12. The van der Waals surface area contributed by atoms with Gasteiger partial charge in [0.2, 0.25) is 0 Å². The van der Waals surface area contributed by atoms with Crippen molar-refractivity contribution in [1.82, 2.24) is 5.32 Å². The molecule has 0 bridgehead atoms. The molecule has 1 rings (SSSR count). The number of ether oxygens (including phenoxy) is 1. The minimum atomic E-state index is 0.298. The van der Waals surface area contributed by atoms with Crippen molar-refractivity contribution in [2.24, 2.45) is 10.7 Å². The van der Waals surface area contributed by atoms with Crippen molar-refractivity contribution in [2.75, 3.05) is 26.3 Å². The van der Waals surface area contributed by atoms with E-state index < -0.39 is 0 Å². The molecule has 0 amide bonds. The fourth-order valence-corrected chi connectivity index (χ4v) is 1.74. The molecule has 0 heterocycles. The third kappa shape index (κ3) is 7.63. The number of hydrogen-bond acceptors (Lipinski definition) is 3. The zero-order chi connectivity index (χ0) is 14.6. The van der Waals surface area contributed by atoms with Gasteiger partial charge in [0.15, 0.2) is 5.96 Å². The van der Waals surface area contributed by atoms with Crippen molar-refractivity contribution in [3.63, 3.8) is 0 Å². The molecule has 0 aliphatic rings. The van der Waals surface area contributed by atoms with E-state index in [9.17, 15) is 5.11 Å². The van der Waals surface area contributed by atoms with Gasteiger partial charge in [-0.15, -0.1) is 0 Å². The van der Waals surface area contributed by atoms with Gasteiger partial charge in [-0.1, -0.05) is 12.1 Å². The molecule has 112 valence electrons. The smallest absolute Gasteiger partial charge is 0.188 e. The van der Waals surface area contributed by atoms with Crippen LogP contribution in [0.25, 0.3) is 0 Å². The maximum absolute atomic E-state index is 9.18. The summed E-state index contributed by atoms with van der Waals surface area (Å²) in [6, 6.07) is 7.25. The number of hydrogen-bond donors (Lipinski definition) is 3. The predicted octanol–water partition coefficient (Wildman–Crippen LogP) is 1.66. The van der Waals surface area contributed by atoms with Crippen LogP contribution in [0.15, 0.2) is 29.3 Å². The summed E-state index contributed by atoms with van der Waals surface area (Å²) in [4.78, 5) is 4.27. The Morgan fingerprint density at radius 2 is 2.05 bits per heavy atom. The summed E-state index contributed by atoms with van der Waals surface area (Å²) < 4.78 is 5.23. The second-order valence-electron chi connectivity index (χ2n) is 4.51. The minimum absolute atomic E-state index is 0.298. The van der Waals surface area contributed by atoms with Crippen molar-refractivity contribution >= 4 is 5.96 Å². The average molecular weight is 279 g/mol. The van der Waals surface area contributed by atoms with E-state index in [1.54, 1.807) is 12.1 Å². The Balaban J connectivity index is 2.09. The summed E-state index contributed by atoms with van der Waals surface area (Å²) in [7, 11) is 0. The third-order valence-corrected chi connectivity index (χ3v) is 2.82. The van der Waals surface area contributed by atoms with Crippen molar-refractivity contribution in [1.29, 1.82) is 0 Å². The van der Waals surface area contributed by atoms with Crippen molar-refractivity contribution in [3.8, 4) is 5.75 Å². The number of aliphatic imine (C=N–C) groups is 1. The van der Waals surface area contributed by atoms with E-state index in [1.165, 1.54) is 5.56 Å². The first kappa shape index (κ1) is 16.3. The van der Waals surface area contributed by atoms with Gasteiger partial charge in [-0.05, 0) is 43.9 Å². The standard InChI is InChI=1S/C15H25N3O2/c1-2-20-12-4-11-18-15(16)17-10-3-5-13-6-8-14(19)9-7-13/h6-9,19H,2-5,10-12H2,1H3,(H3,16,17,18). The molecule has 0 atom stereocenters. The number of nitrogens with one attached hydrogen (secondary N) is 1. The zero-order valence-corrected chi connectivity index (χ0v) is 12.1. The lowest BCUT2D eigenvalue weighted by Crippen LogP contribution is -2.33. The van der Waals surface area contributed by atoms with Crippen LogP contribution in [-0.4, -0.2) is 37.4 Å². The number of phenolic OH excluding ortho intramolecular Hbond substituents is 1.